The molecule has 1 unspecified atom stereocenters. The van der Waals surface area contributed by atoms with Gasteiger partial charge in [-0.15, -0.1) is 0 Å². The lowest BCUT2D eigenvalue weighted by molar-refractivity contribution is 0.547. The molecule has 3 nitrogen and oxygen atoms in total. The van der Waals surface area contributed by atoms with Crippen molar-refractivity contribution in [2.45, 2.75) is 39.2 Å². The van der Waals surface area contributed by atoms with Crippen LogP contribution in [0.25, 0.3) is 0 Å². The van der Waals surface area contributed by atoms with Crippen molar-refractivity contribution < 1.29 is 0 Å². The molecule has 1 aromatic heterocycles. The third-order valence-electron chi connectivity index (χ3n) is 3.69. The first kappa shape index (κ1) is 14.8. The maximum Gasteiger partial charge on any atom is 0.108 e. The van der Waals surface area contributed by atoms with E-state index in [0.717, 1.165) is 32.5 Å². The highest BCUT2D eigenvalue weighted by Gasteiger charge is 2.04. The Morgan fingerprint density at radius 3 is 2.80 bits per heavy atom. The number of hydrogen-bond acceptors (Lipinski definition) is 2. The number of benzene rings is 1. The van der Waals surface area contributed by atoms with E-state index < -0.39 is 0 Å². The fraction of sp³-hybridized carbons (Fsp3) is 0.471. The van der Waals surface area contributed by atoms with Crippen LogP contribution in [-0.4, -0.2) is 22.6 Å². The summed E-state index contributed by atoms with van der Waals surface area (Å²) in [5, 5.41) is 3.55. The van der Waals surface area contributed by atoms with Crippen molar-refractivity contribution >= 4 is 0 Å². The van der Waals surface area contributed by atoms with Crippen molar-refractivity contribution in [2.24, 2.45) is 0 Å². The Hall–Kier alpha value is -1.61. The molecule has 108 valence electrons. The second-order valence-electron chi connectivity index (χ2n) is 5.26. The van der Waals surface area contributed by atoms with Crippen molar-refractivity contribution in [3.05, 3.63) is 54.1 Å². The van der Waals surface area contributed by atoms with Gasteiger partial charge in [-0.1, -0.05) is 44.2 Å². The summed E-state index contributed by atoms with van der Waals surface area (Å²) in [6.07, 6.45) is 6.12. The standard InChI is InChI=1S/C17H25N3/c1-3-17-19-11-13-20(17)12-7-10-18-14-15(2)16-8-5-4-6-9-16/h4-6,8-9,11,13,15,18H,3,7,10,12,14H2,1-2H3. The summed E-state index contributed by atoms with van der Waals surface area (Å²) in [5.74, 6) is 1.75. The van der Waals surface area contributed by atoms with Crippen molar-refractivity contribution in [3.63, 3.8) is 0 Å². The molecular formula is C17H25N3. The Balaban J connectivity index is 1.65. The van der Waals surface area contributed by atoms with Crippen LogP contribution in [0.2, 0.25) is 0 Å². The Bertz CT molecular complexity index is 490. The summed E-state index contributed by atoms with van der Waals surface area (Å²) < 4.78 is 2.25. The van der Waals surface area contributed by atoms with Crippen LogP contribution >= 0.6 is 0 Å². The molecule has 0 radical (unpaired) electrons. The van der Waals surface area contributed by atoms with Crippen LogP contribution in [0.1, 0.15) is 37.6 Å². The summed E-state index contributed by atoms with van der Waals surface area (Å²) in [4.78, 5) is 4.34. The summed E-state index contributed by atoms with van der Waals surface area (Å²) in [7, 11) is 0. The zero-order chi connectivity index (χ0) is 14.2. The zero-order valence-corrected chi connectivity index (χ0v) is 12.5. The molecule has 0 saturated carbocycles. The highest BCUT2D eigenvalue weighted by Crippen LogP contribution is 2.12. The molecule has 0 saturated heterocycles. The summed E-state index contributed by atoms with van der Waals surface area (Å²) >= 11 is 0. The van der Waals surface area contributed by atoms with Gasteiger partial charge in [-0.3, -0.25) is 0 Å². The highest BCUT2D eigenvalue weighted by atomic mass is 15.1. The molecule has 1 aromatic carbocycles. The molecule has 1 atom stereocenters. The molecule has 0 bridgehead atoms. The minimum atomic E-state index is 0.565. The lowest BCUT2D eigenvalue weighted by Gasteiger charge is -2.13. The molecule has 3 heteroatoms. The van der Waals surface area contributed by atoms with Gasteiger partial charge in [-0.25, -0.2) is 4.98 Å². The van der Waals surface area contributed by atoms with E-state index in [2.05, 4.69) is 65.2 Å². The number of imidazole rings is 1. The van der Waals surface area contributed by atoms with Crippen LogP contribution in [0.5, 0.6) is 0 Å². The number of hydrogen-bond donors (Lipinski definition) is 1. The fourth-order valence-electron chi connectivity index (χ4n) is 2.45. The number of aryl methyl sites for hydroxylation is 2. The average Bonchev–Trinajstić information content (AvgIpc) is 2.95. The quantitative estimate of drug-likeness (QED) is 0.747. The van der Waals surface area contributed by atoms with Crippen LogP contribution in [-0.2, 0) is 13.0 Å². The lowest BCUT2D eigenvalue weighted by Crippen LogP contribution is -2.22. The second kappa shape index (κ2) is 7.85. The molecule has 1 N–H and O–H groups in total. The molecule has 0 amide bonds. The number of nitrogens with one attached hydrogen (secondary N) is 1. The van der Waals surface area contributed by atoms with Gasteiger partial charge in [0.25, 0.3) is 0 Å². The van der Waals surface area contributed by atoms with Crippen LogP contribution < -0.4 is 5.32 Å². The van der Waals surface area contributed by atoms with Gasteiger partial charge in [0.2, 0.25) is 0 Å². The molecule has 0 aliphatic heterocycles. The average molecular weight is 271 g/mol. The fourth-order valence-corrected chi connectivity index (χ4v) is 2.45. The summed E-state index contributed by atoms with van der Waals surface area (Å²) in [5.41, 5.74) is 1.41. The minimum absolute atomic E-state index is 0.565. The Labute approximate surface area is 122 Å². The van der Waals surface area contributed by atoms with Gasteiger partial charge in [-0.2, -0.15) is 0 Å². The predicted molar refractivity (Wildman–Crippen MR) is 83.9 cm³/mol. The Morgan fingerprint density at radius 1 is 1.25 bits per heavy atom. The van der Waals surface area contributed by atoms with E-state index in [1.54, 1.807) is 0 Å². The van der Waals surface area contributed by atoms with Crippen LogP contribution in [0, 0.1) is 0 Å². The first-order valence-electron chi connectivity index (χ1n) is 7.57. The van der Waals surface area contributed by atoms with Gasteiger partial charge < -0.3 is 9.88 Å². The topological polar surface area (TPSA) is 29.9 Å². The molecule has 2 aromatic rings. The maximum absolute atomic E-state index is 4.34. The molecule has 20 heavy (non-hydrogen) atoms. The van der Waals surface area contributed by atoms with E-state index in [4.69, 9.17) is 0 Å². The Morgan fingerprint density at radius 2 is 2.05 bits per heavy atom. The zero-order valence-electron chi connectivity index (χ0n) is 12.5. The minimum Gasteiger partial charge on any atom is -0.335 e. The highest BCUT2D eigenvalue weighted by molar-refractivity contribution is 5.18. The van der Waals surface area contributed by atoms with Gasteiger partial charge in [0.05, 0.1) is 0 Å². The van der Waals surface area contributed by atoms with Gasteiger partial charge in [0, 0.05) is 31.9 Å². The van der Waals surface area contributed by atoms with E-state index in [9.17, 15) is 0 Å². The number of aromatic nitrogens is 2. The van der Waals surface area contributed by atoms with Gasteiger partial charge in [-0.05, 0) is 24.4 Å². The van der Waals surface area contributed by atoms with Gasteiger partial charge in [0.1, 0.15) is 5.82 Å². The van der Waals surface area contributed by atoms with Crippen molar-refractivity contribution in [1.82, 2.24) is 14.9 Å². The first-order valence-corrected chi connectivity index (χ1v) is 7.57. The molecule has 2 rings (SSSR count). The number of nitrogens with zero attached hydrogens (tertiary/aromatic N) is 2. The molecule has 0 aliphatic carbocycles. The van der Waals surface area contributed by atoms with E-state index in [0.29, 0.717) is 5.92 Å². The van der Waals surface area contributed by atoms with Crippen molar-refractivity contribution in [2.75, 3.05) is 13.1 Å². The maximum atomic E-state index is 4.34. The largest absolute Gasteiger partial charge is 0.335 e. The molecule has 1 heterocycles. The predicted octanol–water partition coefficient (Wildman–Crippen LogP) is 3.23. The molecule has 0 spiro atoms. The third-order valence-corrected chi connectivity index (χ3v) is 3.69. The second-order valence-corrected chi connectivity index (χ2v) is 5.26. The molecule has 0 fully saturated rings. The SMILES string of the molecule is CCc1nccn1CCCNCC(C)c1ccccc1. The van der Waals surface area contributed by atoms with Gasteiger partial charge in [0.15, 0.2) is 0 Å². The third kappa shape index (κ3) is 4.20. The lowest BCUT2D eigenvalue weighted by atomic mass is 10.0. The van der Waals surface area contributed by atoms with Gasteiger partial charge >= 0.3 is 0 Å². The van der Waals surface area contributed by atoms with Crippen LogP contribution in [0.4, 0.5) is 0 Å². The van der Waals surface area contributed by atoms with Crippen LogP contribution in [0.15, 0.2) is 42.7 Å². The monoisotopic (exact) mass is 271 g/mol. The van der Waals surface area contributed by atoms with Crippen molar-refractivity contribution in [3.8, 4) is 0 Å². The number of rotatable bonds is 8. The summed E-state index contributed by atoms with van der Waals surface area (Å²) in [6.45, 7) is 7.56. The van der Waals surface area contributed by atoms with E-state index in [1.165, 1.54) is 11.4 Å². The van der Waals surface area contributed by atoms with Crippen LogP contribution in [0.3, 0.4) is 0 Å². The van der Waals surface area contributed by atoms with E-state index in [-0.39, 0.29) is 0 Å². The van der Waals surface area contributed by atoms with E-state index in [1.807, 2.05) is 6.20 Å². The first-order chi connectivity index (χ1) is 9.81. The summed E-state index contributed by atoms with van der Waals surface area (Å²) in [6, 6.07) is 10.7. The molecule has 0 aliphatic rings. The normalized spacial score (nSPS) is 12.5. The van der Waals surface area contributed by atoms with Crippen molar-refractivity contribution in [1.29, 1.82) is 0 Å². The Kier molecular flexibility index (Phi) is 5.81. The molecular weight excluding hydrogens is 246 g/mol. The smallest absolute Gasteiger partial charge is 0.108 e. The van der Waals surface area contributed by atoms with E-state index >= 15 is 0 Å².